The first kappa shape index (κ1) is 18.6. The van der Waals surface area contributed by atoms with Crippen molar-refractivity contribution in [2.75, 3.05) is 18.0 Å². The normalized spacial score (nSPS) is 11.2. The van der Waals surface area contributed by atoms with Gasteiger partial charge in [0.2, 0.25) is 0 Å². The second-order valence-electron chi connectivity index (χ2n) is 4.97. The molecule has 0 fully saturated rings. The fourth-order valence-corrected chi connectivity index (χ4v) is 3.82. The van der Waals surface area contributed by atoms with Gasteiger partial charge in [0, 0.05) is 10.0 Å². The Morgan fingerprint density at radius 1 is 1.08 bits per heavy atom. The van der Waals surface area contributed by atoms with E-state index in [-0.39, 0.29) is 4.90 Å². The number of halogens is 2. The number of sulfonamides is 1. The third kappa shape index (κ3) is 4.01. The minimum atomic E-state index is -4.00. The summed E-state index contributed by atoms with van der Waals surface area (Å²) in [4.78, 5) is 11.8. The van der Waals surface area contributed by atoms with Gasteiger partial charge in [0.15, 0.2) is 0 Å². The van der Waals surface area contributed by atoms with Crippen LogP contribution in [-0.4, -0.2) is 28.0 Å². The Balaban J connectivity index is 2.59. The van der Waals surface area contributed by atoms with Crippen LogP contribution in [0.4, 0.5) is 5.69 Å². The van der Waals surface area contributed by atoms with Crippen LogP contribution in [0.1, 0.15) is 5.56 Å². The average Bonchev–Trinajstić information content (AvgIpc) is 2.55. The summed E-state index contributed by atoms with van der Waals surface area (Å²) in [5.41, 5.74) is 0.962. The van der Waals surface area contributed by atoms with Gasteiger partial charge < -0.3 is 4.74 Å². The maximum Gasteiger partial charge on any atom is 0.326 e. The summed E-state index contributed by atoms with van der Waals surface area (Å²) in [6.07, 6.45) is 0. The Labute approximate surface area is 150 Å². The summed E-state index contributed by atoms with van der Waals surface area (Å²) in [7, 11) is -2.81. The summed E-state index contributed by atoms with van der Waals surface area (Å²) in [5.74, 6) is -0.688. The first-order valence-corrected chi connectivity index (χ1v) is 9.06. The van der Waals surface area contributed by atoms with Crippen LogP contribution in [0.25, 0.3) is 0 Å². The standard InChI is InChI=1S/C16H15Cl2NO4S/c1-11-3-4-13(18)9-15(11)19(10-16(20)23-2)24(21,22)14-7-5-12(17)6-8-14/h3-9H,10H2,1-2H3. The van der Waals surface area contributed by atoms with Gasteiger partial charge >= 0.3 is 5.97 Å². The van der Waals surface area contributed by atoms with Gasteiger partial charge in [0.1, 0.15) is 6.54 Å². The number of hydrogen-bond acceptors (Lipinski definition) is 4. The predicted molar refractivity (Wildman–Crippen MR) is 94.2 cm³/mol. The van der Waals surface area contributed by atoms with Gasteiger partial charge in [-0.25, -0.2) is 8.42 Å². The molecule has 5 nitrogen and oxygen atoms in total. The van der Waals surface area contributed by atoms with E-state index >= 15 is 0 Å². The number of aryl methyl sites for hydroxylation is 1. The SMILES string of the molecule is COC(=O)CN(c1cc(Cl)ccc1C)S(=O)(=O)c1ccc(Cl)cc1. The topological polar surface area (TPSA) is 63.7 Å². The zero-order valence-electron chi connectivity index (χ0n) is 13.0. The number of carbonyl (C=O) groups is 1. The number of ether oxygens (including phenoxy) is 1. The van der Waals surface area contributed by atoms with Gasteiger partial charge in [-0.1, -0.05) is 29.3 Å². The smallest absolute Gasteiger partial charge is 0.326 e. The molecule has 128 valence electrons. The van der Waals surface area contributed by atoms with E-state index in [1.54, 1.807) is 19.1 Å². The number of esters is 1. The van der Waals surface area contributed by atoms with E-state index in [4.69, 9.17) is 23.2 Å². The van der Waals surface area contributed by atoms with E-state index in [2.05, 4.69) is 4.74 Å². The molecule has 0 aliphatic heterocycles. The summed E-state index contributed by atoms with van der Waals surface area (Å²) in [6, 6.07) is 10.5. The molecule has 0 aromatic heterocycles. The lowest BCUT2D eigenvalue weighted by molar-refractivity contribution is -0.138. The molecule has 0 saturated heterocycles. The van der Waals surface area contributed by atoms with E-state index in [1.165, 1.54) is 37.4 Å². The highest BCUT2D eigenvalue weighted by atomic mass is 35.5. The zero-order chi connectivity index (χ0) is 17.9. The van der Waals surface area contributed by atoms with Gasteiger partial charge in [-0.3, -0.25) is 9.10 Å². The van der Waals surface area contributed by atoms with E-state index < -0.39 is 22.5 Å². The Hall–Kier alpha value is -1.76. The molecule has 0 spiro atoms. The van der Waals surface area contributed by atoms with Gasteiger partial charge in [0.25, 0.3) is 10.0 Å². The molecule has 0 unspecified atom stereocenters. The van der Waals surface area contributed by atoms with Crippen LogP contribution >= 0.6 is 23.2 Å². The molecule has 0 saturated carbocycles. The Morgan fingerprint density at radius 3 is 2.25 bits per heavy atom. The molecule has 0 amide bonds. The van der Waals surface area contributed by atoms with Crippen LogP contribution in [0.15, 0.2) is 47.4 Å². The van der Waals surface area contributed by atoms with Crippen molar-refractivity contribution in [3.8, 4) is 0 Å². The summed E-state index contributed by atoms with van der Waals surface area (Å²) < 4.78 is 31.6. The van der Waals surface area contributed by atoms with Crippen LogP contribution < -0.4 is 4.31 Å². The van der Waals surface area contributed by atoms with Crippen LogP contribution in [0.3, 0.4) is 0 Å². The van der Waals surface area contributed by atoms with Crippen molar-refractivity contribution in [2.45, 2.75) is 11.8 Å². The highest BCUT2D eigenvalue weighted by Gasteiger charge is 2.28. The quantitative estimate of drug-likeness (QED) is 0.734. The van der Waals surface area contributed by atoms with E-state index in [9.17, 15) is 13.2 Å². The molecule has 2 aromatic rings. The van der Waals surface area contributed by atoms with Crippen molar-refractivity contribution in [1.82, 2.24) is 0 Å². The molecule has 0 heterocycles. The molecular weight excluding hydrogens is 373 g/mol. The van der Waals surface area contributed by atoms with Crippen molar-refractivity contribution in [1.29, 1.82) is 0 Å². The van der Waals surface area contributed by atoms with Crippen molar-refractivity contribution in [3.05, 3.63) is 58.1 Å². The fourth-order valence-electron chi connectivity index (χ4n) is 2.07. The number of benzene rings is 2. The van der Waals surface area contributed by atoms with E-state index in [1.807, 2.05) is 0 Å². The lowest BCUT2D eigenvalue weighted by Crippen LogP contribution is -2.36. The first-order valence-electron chi connectivity index (χ1n) is 6.87. The molecule has 2 aromatic carbocycles. The molecule has 0 aliphatic rings. The molecule has 0 aliphatic carbocycles. The summed E-state index contributed by atoms with van der Waals surface area (Å²) >= 11 is 11.8. The van der Waals surface area contributed by atoms with Gasteiger partial charge in [-0.05, 0) is 48.9 Å². The van der Waals surface area contributed by atoms with Crippen molar-refractivity contribution < 1.29 is 17.9 Å². The van der Waals surface area contributed by atoms with Gasteiger partial charge in [-0.15, -0.1) is 0 Å². The number of nitrogens with zero attached hydrogens (tertiary/aromatic N) is 1. The minimum Gasteiger partial charge on any atom is -0.468 e. The molecule has 0 bridgehead atoms. The third-order valence-corrected chi connectivity index (χ3v) is 5.60. The lowest BCUT2D eigenvalue weighted by atomic mass is 10.2. The maximum absolute atomic E-state index is 13.0. The lowest BCUT2D eigenvalue weighted by Gasteiger charge is -2.25. The molecule has 24 heavy (non-hydrogen) atoms. The highest BCUT2D eigenvalue weighted by Crippen LogP contribution is 2.29. The van der Waals surface area contributed by atoms with Crippen molar-refractivity contribution in [2.24, 2.45) is 0 Å². The van der Waals surface area contributed by atoms with Gasteiger partial charge in [0.05, 0.1) is 17.7 Å². The highest BCUT2D eigenvalue weighted by molar-refractivity contribution is 7.92. The number of anilines is 1. The minimum absolute atomic E-state index is 0.00942. The molecule has 8 heteroatoms. The van der Waals surface area contributed by atoms with Gasteiger partial charge in [-0.2, -0.15) is 0 Å². The number of methoxy groups -OCH3 is 1. The van der Waals surface area contributed by atoms with E-state index in [0.29, 0.717) is 21.3 Å². The molecule has 2 rings (SSSR count). The third-order valence-electron chi connectivity index (χ3n) is 3.34. The van der Waals surface area contributed by atoms with Crippen molar-refractivity contribution >= 4 is 44.9 Å². The van der Waals surface area contributed by atoms with E-state index in [0.717, 1.165) is 4.31 Å². The first-order chi connectivity index (χ1) is 11.3. The van der Waals surface area contributed by atoms with Crippen molar-refractivity contribution in [3.63, 3.8) is 0 Å². The molecular formula is C16H15Cl2NO4S. The Morgan fingerprint density at radius 2 is 1.67 bits per heavy atom. The van der Waals surface area contributed by atoms with Crippen LogP contribution in [0.5, 0.6) is 0 Å². The Bertz CT molecular complexity index is 851. The fraction of sp³-hybridized carbons (Fsp3) is 0.188. The predicted octanol–water partition coefficient (Wildman–Crippen LogP) is 3.67. The number of rotatable bonds is 5. The number of carbonyl (C=O) groups excluding carboxylic acids is 1. The second-order valence-corrected chi connectivity index (χ2v) is 7.71. The van der Waals surface area contributed by atoms with Crippen LogP contribution in [0.2, 0.25) is 10.0 Å². The number of hydrogen-bond donors (Lipinski definition) is 0. The summed E-state index contributed by atoms with van der Waals surface area (Å²) in [5, 5.41) is 0.768. The zero-order valence-corrected chi connectivity index (χ0v) is 15.3. The van der Waals surface area contributed by atoms with Crippen LogP contribution in [-0.2, 0) is 19.6 Å². The largest absolute Gasteiger partial charge is 0.468 e. The Kier molecular flexibility index (Phi) is 5.74. The second kappa shape index (κ2) is 7.42. The molecule has 0 atom stereocenters. The summed E-state index contributed by atoms with van der Waals surface area (Å²) in [6.45, 7) is 1.26. The molecule has 0 radical (unpaired) electrons. The maximum atomic E-state index is 13.0. The monoisotopic (exact) mass is 387 g/mol. The molecule has 0 N–H and O–H groups in total. The van der Waals surface area contributed by atoms with Crippen LogP contribution in [0, 0.1) is 6.92 Å². The average molecular weight is 388 g/mol.